The zero-order chi connectivity index (χ0) is 14.8. The van der Waals surface area contributed by atoms with Gasteiger partial charge in [-0.1, -0.05) is 39.0 Å². The first-order valence-corrected chi connectivity index (χ1v) is 8.53. The van der Waals surface area contributed by atoms with E-state index in [9.17, 15) is 0 Å². The Balaban J connectivity index is 2.09. The Bertz CT molecular complexity index is 429. The molecule has 3 unspecified atom stereocenters. The molecule has 2 rings (SSSR count). The Hall–Kier alpha value is -0.550. The average molecular weight is 296 g/mol. The van der Waals surface area contributed by atoms with Crippen LogP contribution in [0.5, 0.6) is 0 Å². The Labute approximate surface area is 127 Å². The highest BCUT2D eigenvalue weighted by atomic mass is 32.2. The monoisotopic (exact) mass is 296 g/mol. The second kappa shape index (κ2) is 6.48. The van der Waals surface area contributed by atoms with Crippen molar-refractivity contribution in [1.82, 2.24) is 20.1 Å². The highest BCUT2D eigenvalue weighted by molar-refractivity contribution is 7.99. The zero-order valence-electron chi connectivity index (χ0n) is 13.4. The van der Waals surface area contributed by atoms with Crippen molar-refractivity contribution in [3.05, 3.63) is 6.33 Å². The van der Waals surface area contributed by atoms with Gasteiger partial charge in [-0.25, -0.2) is 9.67 Å². The smallest absolute Gasteiger partial charge is 0.186 e. The first-order chi connectivity index (χ1) is 9.47. The lowest BCUT2D eigenvalue weighted by molar-refractivity contribution is 0.142. The molecule has 1 fully saturated rings. The zero-order valence-corrected chi connectivity index (χ0v) is 14.2. The molecule has 3 atom stereocenters. The van der Waals surface area contributed by atoms with E-state index in [1.54, 1.807) is 6.33 Å². The van der Waals surface area contributed by atoms with Crippen molar-refractivity contribution in [3.8, 4) is 0 Å². The molecule has 0 spiro atoms. The van der Waals surface area contributed by atoms with E-state index in [-0.39, 0.29) is 0 Å². The van der Waals surface area contributed by atoms with Crippen molar-refractivity contribution < 1.29 is 0 Å². The van der Waals surface area contributed by atoms with Gasteiger partial charge in [-0.2, -0.15) is 5.10 Å². The fourth-order valence-corrected chi connectivity index (χ4v) is 4.46. The van der Waals surface area contributed by atoms with Gasteiger partial charge in [0.15, 0.2) is 5.16 Å². The standard InChI is InChI=1S/C15H28N4S/c1-6-15(2,3)11-7-8-12(16-4)13(9-11)20-14-17-10-18-19(14)5/h10-13,16H,6-9H2,1-5H3. The fourth-order valence-electron chi connectivity index (χ4n) is 3.12. The Kier molecular flexibility index (Phi) is 5.13. The second-order valence-corrected chi connectivity index (χ2v) is 7.78. The van der Waals surface area contributed by atoms with Crippen LogP contribution in [0.25, 0.3) is 0 Å². The number of nitrogens with zero attached hydrogens (tertiary/aromatic N) is 3. The maximum Gasteiger partial charge on any atom is 0.186 e. The fraction of sp³-hybridized carbons (Fsp3) is 0.867. The molecule has 1 aliphatic carbocycles. The third-order valence-electron chi connectivity index (χ3n) is 5.11. The van der Waals surface area contributed by atoms with Gasteiger partial charge in [-0.3, -0.25) is 0 Å². The van der Waals surface area contributed by atoms with Gasteiger partial charge in [-0.05, 0) is 37.6 Å². The Morgan fingerprint density at radius 1 is 1.45 bits per heavy atom. The van der Waals surface area contributed by atoms with Crippen molar-refractivity contribution in [3.63, 3.8) is 0 Å². The molecule has 1 aromatic heterocycles. The lowest BCUT2D eigenvalue weighted by atomic mass is 9.68. The lowest BCUT2D eigenvalue weighted by Crippen LogP contribution is -2.43. The number of thioether (sulfide) groups is 1. The average Bonchev–Trinajstić information content (AvgIpc) is 2.84. The van der Waals surface area contributed by atoms with Gasteiger partial charge in [0.25, 0.3) is 0 Å². The van der Waals surface area contributed by atoms with Crippen LogP contribution >= 0.6 is 11.8 Å². The van der Waals surface area contributed by atoms with E-state index in [4.69, 9.17) is 0 Å². The van der Waals surface area contributed by atoms with Crippen LogP contribution in [0.2, 0.25) is 0 Å². The molecule has 0 aliphatic heterocycles. The third kappa shape index (κ3) is 3.37. The first kappa shape index (κ1) is 15.8. The van der Waals surface area contributed by atoms with Crippen molar-refractivity contribution in [2.45, 2.75) is 62.9 Å². The van der Waals surface area contributed by atoms with Crippen LogP contribution in [0, 0.1) is 11.3 Å². The van der Waals surface area contributed by atoms with Gasteiger partial charge < -0.3 is 5.32 Å². The van der Waals surface area contributed by atoms with E-state index in [2.05, 4.69) is 43.2 Å². The molecule has 5 heteroatoms. The van der Waals surface area contributed by atoms with Crippen LogP contribution in [0.15, 0.2) is 11.5 Å². The summed E-state index contributed by atoms with van der Waals surface area (Å²) in [5.41, 5.74) is 0.442. The van der Waals surface area contributed by atoms with Crippen molar-refractivity contribution in [1.29, 1.82) is 0 Å². The maximum atomic E-state index is 4.37. The van der Waals surface area contributed by atoms with Crippen molar-refractivity contribution >= 4 is 11.8 Å². The molecular weight excluding hydrogens is 268 g/mol. The van der Waals surface area contributed by atoms with Crippen LogP contribution in [-0.2, 0) is 7.05 Å². The molecule has 1 N–H and O–H groups in total. The van der Waals surface area contributed by atoms with Crippen LogP contribution in [-0.4, -0.2) is 33.1 Å². The summed E-state index contributed by atoms with van der Waals surface area (Å²) in [6, 6.07) is 0.584. The molecule has 1 saturated carbocycles. The summed E-state index contributed by atoms with van der Waals surface area (Å²) in [6.45, 7) is 7.15. The van der Waals surface area contributed by atoms with E-state index in [0.29, 0.717) is 16.7 Å². The third-order valence-corrected chi connectivity index (χ3v) is 6.51. The highest BCUT2D eigenvalue weighted by Gasteiger charge is 2.37. The molecule has 0 saturated heterocycles. The number of hydrogen-bond donors (Lipinski definition) is 1. The van der Waals surface area contributed by atoms with Gasteiger partial charge in [-0.15, -0.1) is 0 Å². The number of nitrogens with one attached hydrogen (secondary N) is 1. The summed E-state index contributed by atoms with van der Waals surface area (Å²) < 4.78 is 1.88. The quantitative estimate of drug-likeness (QED) is 0.906. The maximum absolute atomic E-state index is 4.37. The van der Waals surface area contributed by atoms with Crippen molar-refractivity contribution in [2.24, 2.45) is 18.4 Å². The Morgan fingerprint density at radius 2 is 2.20 bits per heavy atom. The van der Waals surface area contributed by atoms with Crippen molar-refractivity contribution in [2.75, 3.05) is 7.05 Å². The summed E-state index contributed by atoms with van der Waals surface area (Å²) in [4.78, 5) is 4.37. The van der Waals surface area contributed by atoms with Crippen LogP contribution < -0.4 is 5.32 Å². The van der Waals surface area contributed by atoms with Crippen LogP contribution in [0.3, 0.4) is 0 Å². The lowest BCUT2D eigenvalue weighted by Gasteiger charge is -2.42. The summed E-state index contributed by atoms with van der Waals surface area (Å²) in [7, 11) is 4.06. The van der Waals surface area contributed by atoms with E-state index in [1.165, 1.54) is 25.7 Å². The predicted octanol–water partition coefficient (Wildman–Crippen LogP) is 3.10. The first-order valence-electron chi connectivity index (χ1n) is 7.65. The number of rotatable bonds is 5. The highest BCUT2D eigenvalue weighted by Crippen LogP contribution is 2.44. The second-order valence-electron chi connectivity index (χ2n) is 6.57. The summed E-state index contributed by atoms with van der Waals surface area (Å²) in [5.74, 6) is 0.808. The molecule has 0 aromatic carbocycles. The van der Waals surface area contributed by atoms with Gasteiger partial charge in [0.05, 0.1) is 0 Å². The van der Waals surface area contributed by atoms with E-state index >= 15 is 0 Å². The molecule has 1 heterocycles. The van der Waals surface area contributed by atoms with E-state index in [0.717, 1.165) is 11.1 Å². The molecule has 1 aromatic rings. The molecule has 0 radical (unpaired) electrons. The summed E-state index contributed by atoms with van der Waals surface area (Å²) in [6.07, 6.45) is 6.77. The van der Waals surface area contributed by atoms with Crippen LogP contribution in [0.1, 0.15) is 46.5 Å². The predicted molar refractivity (Wildman–Crippen MR) is 84.9 cm³/mol. The summed E-state index contributed by atoms with van der Waals surface area (Å²) >= 11 is 1.89. The molecule has 1 aliphatic rings. The normalized spacial score (nSPS) is 27.8. The van der Waals surface area contributed by atoms with E-state index < -0.39 is 0 Å². The van der Waals surface area contributed by atoms with Gasteiger partial charge in [0.1, 0.15) is 6.33 Å². The van der Waals surface area contributed by atoms with Gasteiger partial charge in [0.2, 0.25) is 0 Å². The number of aryl methyl sites for hydroxylation is 1. The molecule has 114 valence electrons. The molecule has 4 nitrogen and oxygen atoms in total. The molecule has 0 bridgehead atoms. The topological polar surface area (TPSA) is 42.7 Å². The van der Waals surface area contributed by atoms with Gasteiger partial charge >= 0.3 is 0 Å². The minimum absolute atomic E-state index is 0.442. The largest absolute Gasteiger partial charge is 0.316 e. The SMILES string of the molecule is CCC(C)(C)C1CCC(NC)C(Sc2ncnn2C)C1. The minimum atomic E-state index is 0.442. The molecular formula is C15H28N4S. The Morgan fingerprint density at radius 3 is 2.75 bits per heavy atom. The molecule has 0 amide bonds. The van der Waals surface area contributed by atoms with Crippen LogP contribution in [0.4, 0.5) is 0 Å². The van der Waals surface area contributed by atoms with Gasteiger partial charge in [0, 0.05) is 18.3 Å². The van der Waals surface area contributed by atoms with E-state index in [1.807, 2.05) is 23.5 Å². The summed E-state index contributed by atoms with van der Waals surface area (Å²) in [5, 5.41) is 9.30. The minimum Gasteiger partial charge on any atom is -0.316 e. The number of aromatic nitrogens is 3. The number of hydrogen-bond acceptors (Lipinski definition) is 4. The molecule has 20 heavy (non-hydrogen) atoms.